The summed E-state index contributed by atoms with van der Waals surface area (Å²) in [4.78, 5) is 13.9. The summed E-state index contributed by atoms with van der Waals surface area (Å²) in [5, 5.41) is 0. The molecule has 0 saturated carbocycles. The second-order valence-corrected chi connectivity index (χ2v) is 7.31. The molecule has 5 nitrogen and oxygen atoms in total. The quantitative estimate of drug-likeness (QED) is 0.450. The van der Waals surface area contributed by atoms with Crippen LogP contribution in [0.25, 0.3) is 44.6 Å². The fraction of sp³-hybridized carbons (Fsp3) is 0.174. The molecule has 0 amide bonds. The molecule has 0 spiro atoms. The number of imidazole rings is 2. The van der Waals surface area contributed by atoms with Gasteiger partial charge in [-0.2, -0.15) is 0 Å². The molecule has 3 aromatic heterocycles. The average Bonchev–Trinajstić information content (AvgIpc) is 3.18. The van der Waals surface area contributed by atoms with E-state index in [2.05, 4.69) is 68.6 Å². The van der Waals surface area contributed by atoms with E-state index in [1.54, 1.807) is 0 Å². The summed E-state index contributed by atoms with van der Waals surface area (Å²) in [5.74, 6) is 1.95. The van der Waals surface area contributed by atoms with E-state index in [9.17, 15) is 0 Å². The third-order valence-electron chi connectivity index (χ3n) is 5.49. The van der Waals surface area contributed by atoms with Gasteiger partial charge in [-0.1, -0.05) is 12.1 Å². The normalized spacial score (nSPS) is 11.6. The van der Waals surface area contributed by atoms with Gasteiger partial charge in [-0.05, 0) is 61.4 Å². The molecule has 2 aromatic carbocycles. The maximum atomic E-state index is 4.82. The lowest BCUT2D eigenvalue weighted by Crippen LogP contribution is -1.93. The van der Waals surface area contributed by atoms with Crippen molar-refractivity contribution in [2.24, 2.45) is 14.1 Å². The van der Waals surface area contributed by atoms with Crippen LogP contribution in [-0.2, 0) is 14.1 Å². The van der Waals surface area contributed by atoms with Crippen molar-refractivity contribution in [3.05, 3.63) is 66.2 Å². The smallest absolute Gasteiger partial charge is 0.142 e. The standard InChI is InChI=1S/C23H21N5/c1-14-5-6-18(13-24-14)23-26-19-9-7-17(12-22(19)28(23)4)16-8-10-21-20(11-16)25-15(2)27(21)3/h5-13H,1-4H3. The molecule has 0 unspecified atom stereocenters. The zero-order valence-electron chi connectivity index (χ0n) is 16.4. The SMILES string of the molecule is Cc1ccc(-c2nc3ccc(-c4ccc5c(c4)nc(C)n5C)cc3n2C)cn1. The first kappa shape index (κ1) is 16.7. The second kappa shape index (κ2) is 6.02. The van der Waals surface area contributed by atoms with E-state index in [1.165, 1.54) is 0 Å². The number of fused-ring (bicyclic) bond motifs is 2. The summed E-state index contributed by atoms with van der Waals surface area (Å²) in [7, 11) is 4.10. The predicted molar refractivity (Wildman–Crippen MR) is 113 cm³/mol. The van der Waals surface area contributed by atoms with E-state index < -0.39 is 0 Å². The van der Waals surface area contributed by atoms with Gasteiger partial charge in [0.05, 0.1) is 22.1 Å². The summed E-state index contributed by atoms with van der Waals surface area (Å²) in [6.07, 6.45) is 1.88. The lowest BCUT2D eigenvalue weighted by atomic mass is 10.0. The number of hydrogen-bond acceptors (Lipinski definition) is 3. The predicted octanol–water partition coefficient (Wildman–Crippen LogP) is 4.81. The Labute approximate surface area is 163 Å². The van der Waals surface area contributed by atoms with Crippen molar-refractivity contribution in [2.45, 2.75) is 13.8 Å². The first-order chi connectivity index (χ1) is 13.5. The number of aromatic nitrogens is 5. The molecule has 0 aliphatic rings. The highest BCUT2D eigenvalue weighted by Crippen LogP contribution is 2.29. The van der Waals surface area contributed by atoms with Crippen LogP contribution in [0.15, 0.2) is 54.7 Å². The number of rotatable bonds is 2. The molecule has 0 aliphatic carbocycles. The van der Waals surface area contributed by atoms with Crippen molar-refractivity contribution in [3.63, 3.8) is 0 Å². The molecule has 138 valence electrons. The fourth-order valence-electron chi connectivity index (χ4n) is 3.73. The van der Waals surface area contributed by atoms with Gasteiger partial charge >= 0.3 is 0 Å². The molecule has 5 rings (SSSR count). The van der Waals surface area contributed by atoms with Gasteiger partial charge in [-0.3, -0.25) is 4.98 Å². The monoisotopic (exact) mass is 367 g/mol. The Kier molecular flexibility index (Phi) is 3.59. The van der Waals surface area contributed by atoms with Gasteiger partial charge in [-0.15, -0.1) is 0 Å². The maximum Gasteiger partial charge on any atom is 0.142 e. The summed E-state index contributed by atoms with van der Waals surface area (Å²) in [6.45, 7) is 4.02. The molecule has 0 radical (unpaired) electrons. The Hall–Kier alpha value is -3.47. The van der Waals surface area contributed by atoms with Crippen LogP contribution in [0.5, 0.6) is 0 Å². The van der Waals surface area contributed by atoms with Crippen LogP contribution in [0.1, 0.15) is 11.5 Å². The van der Waals surface area contributed by atoms with Crippen LogP contribution in [0.4, 0.5) is 0 Å². The van der Waals surface area contributed by atoms with Crippen LogP contribution in [0, 0.1) is 13.8 Å². The van der Waals surface area contributed by atoms with Crippen molar-refractivity contribution in [1.29, 1.82) is 0 Å². The third kappa shape index (κ3) is 2.51. The van der Waals surface area contributed by atoms with Gasteiger partial charge in [0.2, 0.25) is 0 Å². The van der Waals surface area contributed by atoms with Crippen molar-refractivity contribution in [1.82, 2.24) is 24.1 Å². The van der Waals surface area contributed by atoms with Crippen molar-refractivity contribution in [3.8, 4) is 22.5 Å². The molecule has 0 fully saturated rings. The maximum absolute atomic E-state index is 4.82. The molecule has 0 aliphatic heterocycles. The zero-order valence-corrected chi connectivity index (χ0v) is 16.4. The topological polar surface area (TPSA) is 48.5 Å². The molecule has 0 N–H and O–H groups in total. The van der Waals surface area contributed by atoms with Crippen molar-refractivity contribution < 1.29 is 0 Å². The summed E-state index contributed by atoms with van der Waals surface area (Å²) < 4.78 is 4.25. The number of hydrogen-bond donors (Lipinski definition) is 0. The molecule has 28 heavy (non-hydrogen) atoms. The first-order valence-corrected chi connectivity index (χ1v) is 9.34. The molecule has 3 heterocycles. The van der Waals surface area contributed by atoms with E-state index in [4.69, 9.17) is 4.98 Å². The summed E-state index contributed by atoms with van der Waals surface area (Å²) in [6, 6.07) is 17.0. The summed E-state index contributed by atoms with van der Waals surface area (Å²) >= 11 is 0. The Bertz CT molecular complexity index is 1340. The lowest BCUT2D eigenvalue weighted by Gasteiger charge is -2.05. The minimum atomic E-state index is 0.926. The third-order valence-corrected chi connectivity index (χ3v) is 5.49. The van der Waals surface area contributed by atoms with E-state index >= 15 is 0 Å². The molecule has 0 saturated heterocycles. The minimum absolute atomic E-state index is 0.926. The molecular formula is C23H21N5. The average molecular weight is 367 g/mol. The Morgan fingerprint density at radius 1 is 0.679 bits per heavy atom. The van der Waals surface area contributed by atoms with Crippen LogP contribution >= 0.6 is 0 Å². The Balaban J connectivity index is 1.63. The van der Waals surface area contributed by atoms with Crippen LogP contribution in [-0.4, -0.2) is 24.1 Å². The largest absolute Gasteiger partial charge is 0.331 e. The second-order valence-electron chi connectivity index (χ2n) is 7.31. The first-order valence-electron chi connectivity index (χ1n) is 9.34. The van der Waals surface area contributed by atoms with Gasteiger partial charge in [-0.25, -0.2) is 9.97 Å². The van der Waals surface area contributed by atoms with Crippen molar-refractivity contribution in [2.75, 3.05) is 0 Å². The molecule has 0 atom stereocenters. The fourth-order valence-corrected chi connectivity index (χ4v) is 3.73. The summed E-state index contributed by atoms with van der Waals surface area (Å²) in [5.41, 5.74) is 8.61. The minimum Gasteiger partial charge on any atom is -0.331 e. The number of pyridine rings is 1. The van der Waals surface area contributed by atoms with E-state index in [0.29, 0.717) is 0 Å². The lowest BCUT2D eigenvalue weighted by molar-refractivity contribution is 0.886. The van der Waals surface area contributed by atoms with Gasteiger partial charge < -0.3 is 9.13 Å². The van der Waals surface area contributed by atoms with Crippen LogP contribution in [0.2, 0.25) is 0 Å². The van der Waals surface area contributed by atoms with Crippen LogP contribution < -0.4 is 0 Å². The number of nitrogens with zero attached hydrogens (tertiary/aromatic N) is 5. The van der Waals surface area contributed by atoms with Gasteiger partial charge in [0, 0.05) is 31.5 Å². The molecular weight excluding hydrogens is 346 g/mol. The molecule has 0 bridgehead atoms. The Morgan fingerprint density at radius 2 is 1.43 bits per heavy atom. The van der Waals surface area contributed by atoms with E-state index in [1.807, 2.05) is 33.2 Å². The van der Waals surface area contributed by atoms with Crippen LogP contribution in [0.3, 0.4) is 0 Å². The Morgan fingerprint density at radius 3 is 2.21 bits per heavy atom. The highest BCUT2D eigenvalue weighted by molar-refractivity contribution is 5.88. The van der Waals surface area contributed by atoms with Gasteiger partial charge in [0.25, 0.3) is 0 Å². The van der Waals surface area contributed by atoms with Crippen molar-refractivity contribution >= 4 is 22.1 Å². The van der Waals surface area contributed by atoms with Gasteiger partial charge in [0.15, 0.2) is 0 Å². The zero-order chi connectivity index (χ0) is 19.4. The molecule has 5 heteroatoms. The van der Waals surface area contributed by atoms with Gasteiger partial charge in [0.1, 0.15) is 11.6 Å². The van der Waals surface area contributed by atoms with E-state index in [0.717, 1.165) is 56.1 Å². The number of benzene rings is 2. The van der Waals surface area contributed by atoms with E-state index in [-0.39, 0.29) is 0 Å². The number of aryl methyl sites for hydroxylation is 4. The molecule has 5 aromatic rings. The highest BCUT2D eigenvalue weighted by atomic mass is 15.1. The highest BCUT2D eigenvalue weighted by Gasteiger charge is 2.12.